The largest absolute Gasteiger partial charge is 0.330 e. The average molecular weight is 214 g/mol. The topological polar surface area (TPSA) is 23.6 Å². The van der Waals surface area contributed by atoms with Crippen LogP contribution >= 0.6 is 12.6 Å². The third kappa shape index (κ3) is 2.23. The van der Waals surface area contributed by atoms with Crippen LogP contribution in [0, 0.1) is 0 Å². The lowest BCUT2D eigenvalue weighted by atomic mass is 10.2. The number of carbonyl (C=O) groups is 1. The summed E-state index contributed by atoms with van der Waals surface area (Å²) in [4.78, 5) is 15.6. The maximum Gasteiger partial charge on any atom is 0.278 e. The number of hydrogen-bond donors (Lipinski definition) is 1. The molecule has 80 valence electrons. The van der Waals surface area contributed by atoms with E-state index >= 15 is 0 Å². The molecule has 0 aromatic heterocycles. The minimum Gasteiger partial charge on any atom is -0.330 e. The van der Waals surface area contributed by atoms with Crippen LogP contribution in [0.25, 0.3) is 0 Å². The van der Waals surface area contributed by atoms with Crippen LogP contribution < -0.4 is 0 Å². The molecular formula is C10H18N2OS. The third-order valence-electron chi connectivity index (χ3n) is 3.29. The fourth-order valence-electron chi connectivity index (χ4n) is 2.54. The Morgan fingerprint density at radius 3 is 2.57 bits per heavy atom. The maximum absolute atomic E-state index is 11.2. The van der Waals surface area contributed by atoms with E-state index in [1.54, 1.807) is 0 Å². The van der Waals surface area contributed by atoms with Crippen molar-refractivity contribution >= 4 is 17.9 Å². The van der Waals surface area contributed by atoms with Gasteiger partial charge in [0.15, 0.2) is 0 Å². The number of thiol groups is 1. The van der Waals surface area contributed by atoms with Crippen molar-refractivity contribution in [3.8, 4) is 0 Å². The highest BCUT2D eigenvalue weighted by Crippen LogP contribution is 2.21. The molecule has 14 heavy (non-hydrogen) atoms. The molecule has 2 aliphatic heterocycles. The average Bonchev–Trinajstić information content (AvgIpc) is 2.75. The molecule has 2 fully saturated rings. The number of nitrogens with zero attached hydrogens (tertiary/aromatic N) is 2. The highest BCUT2D eigenvalue weighted by molar-refractivity contribution is 7.96. The van der Waals surface area contributed by atoms with E-state index in [-0.39, 0.29) is 5.24 Å². The lowest BCUT2D eigenvalue weighted by molar-refractivity contribution is 0.196. The Morgan fingerprint density at radius 2 is 1.93 bits per heavy atom. The van der Waals surface area contributed by atoms with Gasteiger partial charge >= 0.3 is 0 Å². The van der Waals surface area contributed by atoms with Gasteiger partial charge in [0.05, 0.1) is 0 Å². The molecule has 4 heteroatoms. The SMILES string of the molecule is O=C(S)N1CCCC1CN1CCCC1. The molecule has 0 bridgehead atoms. The summed E-state index contributed by atoms with van der Waals surface area (Å²) in [7, 11) is 0. The van der Waals surface area contributed by atoms with Crippen molar-refractivity contribution in [2.45, 2.75) is 31.7 Å². The van der Waals surface area contributed by atoms with Gasteiger partial charge in [0.1, 0.15) is 0 Å². The first-order valence-electron chi connectivity index (χ1n) is 5.49. The van der Waals surface area contributed by atoms with E-state index in [0.717, 1.165) is 25.9 Å². The predicted molar refractivity (Wildman–Crippen MR) is 59.8 cm³/mol. The van der Waals surface area contributed by atoms with E-state index in [2.05, 4.69) is 17.5 Å². The first-order valence-corrected chi connectivity index (χ1v) is 5.94. The normalized spacial score (nSPS) is 28.6. The molecule has 0 aliphatic carbocycles. The molecule has 0 radical (unpaired) electrons. The van der Waals surface area contributed by atoms with E-state index in [9.17, 15) is 4.79 Å². The van der Waals surface area contributed by atoms with Crippen LogP contribution in [-0.2, 0) is 0 Å². The van der Waals surface area contributed by atoms with Gasteiger partial charge in [0, 0.05) is 19.1 Å². The molecule has 2 aliphatic rings. The number of carbonyl (C=O) groups excluding carboxylic acids is 1. The summed E-state index contributed by atoms with van der Waals surface area (Å²) >= 11 is 3.92. The summed E-state index contributed by atoms with van der Waals surface area (Å²) in [5.41, 5.74) is 0. The van der Waals surface area contributed by atoms with Crippen LogP contribution in [0.3, 0.4) is 0 Å². The summed E-state index contributed by atoms with van der Waals surface area (Å²) in [5.74, 6) is 0. The monoisotopic (exact) mass is 214 g/mol. The molecule has 2 heterocycles. The highest BCUT2D eigenvalue weighted by Gasteiger charge is 2.29. The highest BCUT2D eigenvalue weighted by atomic mass is 32.1. The number of amides is 1. The van der Waals surface area contributed by atoms with Gasteiger partial charge in [-0.2, -0.15) is 0 Å². The Labute approximate surface area is 90.8 Å². The van der Waals surface area contributed by atoms with Gasteiger partial charge < -0.3 is 9.80 Å². The van der Waals surface area contributed by atoms with Crippen molar-refractivity contribution in [1.82, 2.24) is 9.80 Å². The predicted octanol–water partition coefficient (Wildman–Crippen LogP) is 1.60. The Balaban J connectivity index is 1.86. The van der Waals surface area contributed by atoms with Crippen molar-refractivity contribution in [3.63, 3.8) is 0 Å². The van der Waals surface area contributed by atoms with E-state index in [1.165, 1.54) is 25.9 Å². The molecule has 0 spiro atoms. The Bertz CT molecular complexity index is 216. The van der Waals surface area contributed by atoms with Crippen molar-refractivity contribution in [1.29, 1.82) is 0 Å². The van der Waals surface area contributed by atoms with Crippen molar-refractivity contribution < 1.29 is 4.79 Å². The summed E-state index contributed by atoms with van der Waals surface area (Å²) in [6.45, 7) is 4.39. The van der Waals surface area contributed by atoms with Crippen LogP contribution in [0.2, 0.25) is 0 Å². The van der Waals surface area contributed by atoms with Gasteiger partial charge in [-0.3, -0.25) is 4.79 Å². The van der Waals surface area contributed by atoms with Gasteiger partial charge in [-0.05, 0) is 38.8 Å². The summed E-state index contributed by atoms with van der Waals surface area (Å²) in [6, 6.07) is 0.429. The van der Waals surface area contributed by atoms with E-state index in [4.69, 9.17) is 0 Å². The standard InChI is InChI=1S/C10H18N2OS/c13-10(14)12-7-3-4-9(12)8-11-5-1-2-6-11/h9H,1-8H2,(H,13,14). The van der Waals surface area contributed by atoms with E-state index in [1.807, 2.05) is 4.90 Å². The van der Waals surface area contributed by atoms with Crippen molar-refractivity contribution in [3.05, 3.63) is 0 Å². The molecule has 0 aromatic carbocycles. The van der Waals surface area contributed by atoms with Crippen LogP contribution in [0.1, 0.15) is 25.7 Å². The van der Waals surface area contributed by atoms with E-state index < -0.39 is 0 Å². The molecule has 2 rings (SSSR count). The number of hydrogen-bond acceptors (Lipinski definition) is 2. The van der Waals surface area contributed by atoms with Crippen LogP contribution in [0.15, 0.2) is 0 Å². The van der Waals surface area contributed by atoms with Crippen LogP contribution in [-0.4, -0.2) is 47.3 Å². The lowest BCUT2D eigenvalue weighted by Crippen LogP contribution is -2.40. The van der Waals surface area contributed by atoms with Crippen molar-refractivity contribution in [2.24, 2.45) is 0 Å². The lowest BCUT2D eigenvalue weighted by Gasteiger charge is -2.27. The Hall–Kier alpha value is -0.220. The fourth-order valence-corrected chi connectivity index (χ4v) is 2.80. The first kappa shape index (κ1) is 10.3. The zero-order valence-corrected chi connectivity index (χ0v) is 9.38. The Morgan fingerprint density at radius 1 is 1.21 bits per heavy atom. The quantitative estimate of drug-likeness (QED) is 0.706. The summed E-state index contributed by atoms with van der Waals surface area (Å²) in [5, 5.41) is -0.0494. The van der Waals surface area contributed by atoms with Gasteiger partial charge in [-0.15, -0.1) is 0 Å². The molecule has 1 unspecified atom stereocenters. The number of rotatable bonds is 2. The Kier molecular flexibility index (Phi) is 3.34. The zero-order chi connectivity index (χ0) is 9.97. The summed E-state index contributed by atoms with van der Waals surface area (Å²) < 4.78 is 0. The second-order valence-electron chi connectivity index (χ2n) is 4.28. The van der Waals surface area contributed by atoms with Gasteiger partial charge in [-0.1, -0.05) is 12.6 Å². The third-order valence-corrected chi connectivity index (χ3v) is 3.55. The minimum atomic E-state index is -0.0494. The van der Waals surface area contributed by atoms with E-state index in [0.29, 0.717) is 6.04 Å². The van der Waals surface area contributed by atoms with Gasteiger partial charge in [0.2, 0.25) is 0 Å². The maximum atomic E-state index is 11.2. The molecule has 0 aromatic rings. The van der Waals surface area contributed by atoms with Crippen LogP contribution in [0.5, 0.6) is 0 Å². The molecule has 1 atom stereocenters. The first-order chi connectivity index (χ1) is 6.77. The van der Waals surface area contributed by atoms with Crippen LogP contribution in [0.4, 0.5) is 4.79 Å². The molecule has 0 saturated carbocycles. The molecule has 3 nitrogen and oxygen atoms in total. The molecular weight excluding hydrogens is 196 g/mol. The molecule has 1 amide bonds. The molecule has 2 saturated heterocycles. The van der Waals surface area contributed by atoms with Gasteiger partial charge in [-0.25, -0.2) is 0 Å². The van der Waals surface area contributed by atoms with Gasteiger partial charge in [0.25, 0.3) is 5.24 Å². The smallest absolute Gasteiger partial charge is 0.278 e. The van der Waals surface area contributed by atoms with Crippen molar-refractivity contribution in [2.75, 3.05) is 26.2 Å². The second-order valence-corrected chi connectivity index (χ2v) is 4.66. The fraction of sp³-hybridized carbons (Fsp3) is 0.900. The zero-order valence-electron chi connectivity index (χ0n) is 8.48. The summed E-state index contributed by atoms with van der Waals surface area (Å²) in [6.07, 6.45) is 4.94. The molecule has 0 N–H and O–H groups in total. The number of likely N-dealkylation sites (tertiary alicyclic amines) is 2. The minimum absolute atomic E-state index is 0.0494. The second kappa shape index (κ2) is 4.53.